The van der Waals surface area contributed by atoms with Crippen molar-refractivity contribution in [3.63, 3.8) is 0 Å². The molecule has 0 fully saturated rings. The van der Waals surface area contributed by atoms with Gasteiger partial charge >= 0.3 is 59.1 Å². The Labute approximate surface area is 208 Å². The zero-order chi connectivity index (χ0) is 19.5. The molecule has 1 atom stereocenters. The molecule has 0 aromatic heterocycles. The zero-order valence-corrected chi connectivity index (χ0v) is 20.4. The monoisotopic (exact) mass is 412 g/mol. The van der Waals surface area contributed by atoms with Gasteiger partial charge in [0.25, 0.3) is 6.47 Å². The van der Waals surface area contributed by atoms with E-state index in [9.17, 15) is 4.79 Å². The van der Waals surface area contributed by atoms with Crippen LogP contribution in [-0.2, 0) is 14.5 Å². The molecule has 0 saturated heterocycles. The number of rotatable bonds is 3. The summed E-state index contributed by atoms with van der Waals surface area (Å²) in [5.74, 6) is 0.121. The third-order valence-corrected chi connectivity index (χ3v) is 2.50. The number of carbonyl (C=O) groups is 3. The van der Waals surface area contributed by atoms with Crippen molar-refractivity contribution in [2.75, 3.05) is 0 Å². The molecule has 3 N–H and O–H groups in total. The van der Waals surface area contributed by atoms with Gasteiger partial charge in [-0.1, -0.05) is 60.7 Å². The second-order valence-electron chi connectivity index (χ2n) is 4.30. The number of ketones is 1. The SMILES string of the molecule is CC(=O)c1ccccc1.C[C@H](O)c1ccccc1.O.O=CO[O-].O=C[O-].[Na+].[Na+]. The third kappa shape index (κ3) is 24.9. The number of carbonyl (C=O) groups excluding carboxylic acids is 3. The minimum Gasteiger partial charge on any atom is -0.662 e. The number of hydrogen-bond acceptors (Lipinski definition) is 7. The maximum absolute atomic E-state index is 10.6. The first-order chi connectivity index (χ1) is 11.9. The minimum atomic E-state index is -0.500. The van der Waals surface area contributed by atoms with Gasteiger partial charge in [-0.25, -0.2) is 0 Å². The molecule has 2 aromatic carbocycles. The Hall–Kier alpha value is -1.07. The predicted molar refractivity (Wildman–Crippen MR) is 90.3 cm³/mol. The third-order valence-electron chi connectivity index (χ3n) is 2.50. The number of carboxylic acid groups (broad SMARTS) is 1. The molecular formula is C18H22Na2O8. The number of hydrogen-bond donors (Lipinski definition) is 1. The van der Waals surface area contributed by atoms with E-state index in [1.54, 1.807) is 13.8 Å². The van der Waals surface area contributed by atoms with E-state index in [-0.39, 0.29) is 83.0 Å². The van der Waals surface area contributed by atoms with Crippen LogP contribution in [-0.4, -0.2) is 29.3 Å². The van der Waals surface area contributed by atoms with Gasteiger partial charge in [0, 0.05) is 12.0 Å². The van der Waals surface area contributed by atoms with Crippen LogP contribution < -0.4 is 69.5 Å². The first-order valence-corrected chi connectivity index (χ1v) is 7.01. The molecule has 0 aliphatic carbocycles. The maximum atomic E-state index is 10.6. The molecule has 8 nitrogen and oxygen atoms in total. The average molecular weight is 412 g/mol. The Morgan fingerprint density at radius 2 is 1.32 bits per heavy atom. The van der Waals surface area contributed by atoms with Gasteiger partial charge in [0.2, 0.25) is 0 Å². The van der Waals surface area contributed by atoms with Crippen LogP contribution in [0.15, 0.2) is 60.7 Å². The van der Waals surface area contributed by atoms with Crippen molar-refractivity contribution < 1.29 is 99.3 Å². The molecule has 144 valence electrons. The Kier molecular flexibility index (Phi) is 37.8. The summed E-state index contributed by atoms with van der Waals surface area (Å²) in [6, 6.07) is 18.8. The summed E-state index contributed by atoms with van der Waals surface area (Å²) < 4.78 is 0. The molecule has 0 radical (unpaired) electrons. The van der Waals surface area contributed by atoms with E-state index in [0.717, 1.165) is 11.1 Å². The van der Waals surface area contributed by atoms with Crippen molar-refractivity contribution in [2.45, 2.75) is 20.0 Å². The van der Waals surface area contributed by atoms with Crippen LogP contribution in [0, 0.1) is 0 Å². The van der Waals surface area contributed by atoms with E-state index < -0.39 is 6.47 Å². The summed E-state index contributed by atoms with van der Waals surface area (Å²) in [6.45, 7) is 2.64. The standard InChI is InChI=1S/C8H10O.C8H8O.CH2O3.CH2O2.2Na.H2O/c2*1-7(9)8-5-3-2-4-6-8;2-1-4-3;2-1-3;;;/h2-7,9H,1H3;2-6H,1H3;1,3H;1H,(H,2,3);;;1H2/q;;;;2*+1;/p-2/t7-;;;;;;/m0....../s1. The van der Waals surface area contributed by atoms with Crippen molar-refractivity contribution in [3.05, 3.63) is 71.8 Å². The van der Waals surface area contributed by atoms with Crippen LogP contribution in [0.2, 0.25) is 0 Å². The predicted octanol–water partition coefficient (Wildman–Crippen LogP) is -6.39. The van der Waals surface area contributed by atoms with E-state index in [1.165, 1.54) is 0 Å². The van der Waals surface area contributed by atoms with Crippen molar-refractivity contribution in [1.29, 1.82) is 0 Å². The van der Waals surface area contributed by atoms with E-state index in [2.05, 4.69) is 4.89 Å². The molecule has 0 saturated carbocycles. The van der Waals surface area contributed by atoms with E-state index in [0.29, 0.717) is 0 Å². The normalized spacial score (nSPS) is 8.29. The Morgan fingerprint density at radius 3 is 1.50 bits per heavy atom. The number of benzene rings is 2. The summed E-state index contributed by atoms with van der Waals surface area (Å²) in [4.78, 5) is 30.1. The van der Waals surface area contributed by atoms with Gasteiger partial charge in [-0.2, -0.15) is 0 Å². The number of Topliss-reactive ketones (excluding diaryl/α,β-unsaturated/α-hetero) is 1. The molecule has 0 aliphatic heterocycles. The topological polar surface area (TPSA) is 158 Å². The molecule has 0 heterocycles. The van der Waals surface area contributed by atoms with Crippen LogP contribution in [0.3, 0.4) is 0 Å². The van der Waals surface area contributed by atoms with E-state index >= 15 is 0 Å². The van der Waals surface area contributed by atoms with Crippen LogP contribution in [0.5, 0.6) is 0 Å². The fourth-order valence-corrected chi connectivity index (χ4v) is 1.40. The maximum Gasteiger partial charge on any atom is 1.00 e. The van der Waals surface area contributed by atoms with Gasteiger partial charge in [0.1, 0.15) is 0 Å². The Balaban J connectivity index is -0.0000000883. The van der Waals surface area contributed by atoms with Gasteiger partial charge < -0.3 is 30.6 Å². The summed E-state index contributed by atoms with van der Waals surface area (Å²) in [5, 5.41) is 25.7. The fourth-order valence-electron chi connectivity index (χ4n) is 1.40. The first kappa shape index (κ1) is 37.6. The van der Waals surface area contributed by atoms with Crippen LogP contribution in [0.25, 0.3) is 0 Å². The molecular weight excluding hydrogens is 390 g/mol. The number of aliphatic hydroxyl groups is 1. The average Bonchev–Trinajstić information content (AvgIpc) is 2.64. The van der Waals surface area contributed by atoms with Gasteiger partial charge in [0.15, 0.2) is 5.78 Å². The van der Waals surface area contributed by atoms with Gasteiger partial charge in [0.05, 0.1) is 6.10 Å². The molecule has 10 heteroatoms. The largest absolute Gasteiger partial charge is 1.00 e. The smallest absolute Gasteiger partial charge is 0.662 e. The van der Waals surface area contributed by atoms with Crippen molar-refractivity contribution in [2.24, 2.45) is 0 Å². The van der Waals surface area contributed by atoms with Gasteiger partial charge in [-0.15, -0.1) is 0 Å². The second-order valence-corrected chi connectivity index (χ2v) is 4.30. The molecule has 0 unspecified atom stereocenters. The summed E-state index contributed by atoms with van der Waals surface area (Å²) in [7, 11) is 0. The Bertz CT molecular complexity index is 581. The van der Waals surface area contributed by atoms with Gasteiger partial charge in [-0.05, 0) is 19.4 Å². The van der Waals surface area contributed by atoms with Crippen LogP contribution >= 0.6 is 0 Å². The number of aliphatic hydroxyl groups excluding tert-OH is 1. The Morgan fingerprint density at radius 1 is 1.00 bits per heavy atom. The van der Waals surface area contributed by atoms with E-state index in [4.69, 9.17) is 25.1 Å². The molecule has 0 spiro atoms. The van der Waals surface area contributed by atoms with E-state index in [1.807, 2.05) is 60.7 Å². The zero-order valence-electron chi connectivity index (χ0n) is 16.4. The van der Waals surface area contributed by atoms with Crippen LogP contribution in [0.1, 0.15) is 35.9 Å². The second kappa shape index (κ2) is 28.1. The quantitative estimate of drug-likeness (QED) is 0.173. The van der Waals surface area contributed by atoms with Gasteiger partial charge in [-0.3, -0.25) is 9.59 Å². The molecule has 0 bridgehead atoms. The molecule has 2 aromatic rings. The summed E-state index contributed by atoms with van der Waals surface area (Å²) in [5.41, 5.74) is 1.75. The van der Waals surface area contributed by atoms with Crippen molar-refractivity contribution in [3.8, 4) is 0 Å². The van der Waals surface area contributed by atoms with Crippen LogP contribution in [0.4, 0.5) is 0 Å². The molecule has 28 heavy (non-hydrogen) atoms. The first-order valence-electron chi connectivity index (χ1n) is 7.01. The minimum absolute atomic E-state index is 0. The summed E-state index contributed by atoms with van der Waals surface area (Å²) in [6.07, 6.45) is -0.341. The van der Waals surface area contributed by atoms with Crippen molar-refractivity contribution in [1.82, 2.24) is 0 Å². The fraction of sp³-hybridized carbons (Fsp3) is 0.167. The molecule has 0 aliphatic rings. The summed E-state index contributed by atoms with van der Waals surface area (Å²) >= 11 is 0. The molecule has 2 rings (SSSR count). The molecule has 0 amide bonds. The van der Waals surface area contributed by atoms with Crippen molar-refractivity contribution >= 4 is 18.7 Å².